The van der Waals surface area contributed by atoms with Gasteiger partial charge >= 0.3 is 0 Å². The molecule has 0 rings (SSSR count). The maximum Gasteiger partial charge on any atom is 0.0494 e. The van der Waals surface area contributed by atoms with Gasteiger partial charge in [-0.1, -0.05) is 46.0 Å². The third-order valence-corrected chi connectivity index (χ3v) is 3.14. The molecule has 2 heteroatoms. The van der Waals surface area contributed by atoms with Gasteiger partial charge < -0.3 is 10.5 Å². The van der Waals surface area contributed by atoms with Crippen LogP contribution in [0, 0.1) is 5.92 Å². The van der Waals surface area contributed by atoms with Crippen LogP contribution in [0.15, 0.2) is 0 Å². The Morgan fingerprint density at radius 2 is 1.75 bits per heavy atom. The number of hydrogen-bond donors (Lipinski definition) is 1. The second-order valence-electron chi connectivity index (χ2n) is 4.69. The molecule has 1 atom stereocenters. The van der Waals surface area contributed by atoms with Gasteiger partial charge in [0.2, 0.25) is 0 Å². The molecule has 2 nitrogen and oxygen atoms in total. The summed E-state index contributed by atoms with van der Waals surface area (Å²) in [5.74, 6) is 0.781. The first-order chi connectivity index (χ1) is 7.85. The topological polar surface area (TPSA) is 35.2 Å². The highest BCUT2D eigenvalue weighted by Crippen LogP contribution is 2.13. The average Bonchev–Trinajstić information content (AvgIpc) is 2.32. The minimum Gasteiger partial charge on any atom is -0.381 e. The fourth-order valence-corrected chi connectivity index (χ4v) is 1.85. The standard InChI is InChI=1S/C14H31NO/c1-3-5-10-14(4-2)13-16-12-9-7-6-8-11-15/h14H,3-13,15H2,1-2H3. The van der Waals surface area contributed by atoms with Crippen molar-refractivity contribution < 1.29 is 4.74 Å². The van der Waals surface area contributed by atoms with E-state index < -0.39 is 0 Å². The Labute approximate surface area is 102 Å². The third-order valence-electron chi connectivity index (χ3n) is 3.14. The van der Waals surface area contributed by atoms with Gasteiger partial charge in [0, 0.05) is 13.2 Å². The van der Waals surface area contributed by atoms with Gasteiger partial charge in [-0.2, -0.15) is 0 Å². The molecule has 0 aliphatic rings. The van der Waals surface area contributed by atoms with Gasteiger partial charge in [0.1, 0.15) is 0 Å². The van der Waals surface area contributed by atoms with Crippen LogP contribution in [-0.2, 0) is 4.74 Å². The second-order valence-corrected chi connectivity index (χ2v) is 4.69. The van der Waals surface area contributed by atoms with Crippen LogP contribution in [0.1, 0.15) is 65.2 Å². The van der Waals surface area contributed by atoms with E-state index in [-0.39, 0.29) is 0 Å². The molecule has 0 aliphatic heterocycles. The summed E-state index contributed by atoms with van der Waals surface area (Å²) in [7, 11) is 0. The molecule has 98 valence electrons. The molecule has 0 amide bonds. The van der Waals surface area contributed by atoms with Gasteiger partial charge in [-0.15, -0.1) is 0 Å². The van der Waals surface area contributed by atoms with Crippen LogP contribution in [0.5, 0.6) is 0 Å². The highest BCUT2D eigenvalue weighted by atomic mass is 16.5. The van der Waals surface area contributed by atoms with Crippen LogP contribution in [0.25, 0.3) is 0 Å². The molecule has 0 heterocycles. The van der Waals surface area contributed by atoms with E-state index in [2.05, 4.69) is 13.8 Å². The minimum absolute atomic E-state index is 0.781. The monoisotopic (exact) mass is 229 g/mol. The highest BCUT2D eigenvalue weighted by Gasteiger charge is 2.05. The first kappa shape index (κ1) is 15.9. The van der Waals surface area contributed by atoms with Gasteiger partial charge in [0.05, 0.1) is 0 Å². The SMILES string of the molecule is CCCCC(CC)COCCCCCCN. The zero-order valence-electron chi connectivity index (χ0n) is 11.3. The largest absolute Gasteiger partial charge is 0.381 e. The van der Waals surface area contributed by atoms with Gasteiger partial charge in [0.15, 0.2) is 0 Å². The molecule has 0 radical (unpaired) electrons. The molecular weight excluding hydrogens is 198 g/mol. The van der Waals surface area contributed by atoms with Crippen molar-refractivity contribution in [2.24, 2.45) is 11.7 Å². The van der Waals surface area contributed by atoms with Crippen LogP contribution < -0.4 is 5.73 Å². The van der Waals surface area contributed by atoms with Crippen LogP contribution in [0.2, 0.25) is 0 Å². The van der Waals surface area contributed by atoms with Gasteiger partial charge in [0.25, 0.3) is 0 Å². The van der Waals surface area contributed by atoms with E-state index in [1.54, 1.807) is 0 Å². The zero-order chi connectivity index (χ0) is 12.1. The van der Waals surface area contributed by atoms with E-state index >= 15 is 0 Å². The van der Waals surface area contributed by atoms with Crippen molar-refractivity contribution in [1.29, 1.82) is 0 Å². The molecule has 1 unspecified atom stereocenters. The maximum absolute atomic E-state index is 5.73. The first-order valence-corrected chi connectivity index (χ1v) is 7.12. The average molecular weight is 229 g/mol. The normalized spacial score (nSPS) is 12.9. The number of nitrogens with two attached hydrogens (primary N) is 1. The lowest BCUT2D eigenvalue weighted by atomic mass is 10.0. The van der Waals surface area contributed by atoms with E-state index in [9.17, 15) is 0 Å². The molecule has 0 spiro atoms. The fourth-order valence-electron chi connectivity index (χ4n) is 1.85. The summed E-state index contributed by atoms with van der Waals surface area (Å²) in [6.07, 6.45) is 10.1. The summed E-state index contributed by atoms with van der Waals surface area (Å²) in [5, 5.41) is 0. The van der Waals surface area contributed by atoms with Crippen molar-refractivity contribution in [2.75, 3.05) is 19.8 Å². The summed E-state index contributed by atoms with van der Waals surface area (Å²) in [6.45, 7) is 7.26. The molecule has 16 heavy (non-hydrogen) atoms. The predicted octanol–water partition coefficient (Wildman–Crippen LogP) is 3.74. The Hall–Kier alpha value is -0.0800. The number of unbranched alkanes of at least 4 members (excludes halogenated alkanes) is 4. The van der Waals surface area contributed by atoms with Crippen LogP contribution in [0.3, 0.4) is 0 Å². The quantitative estimate of drug-likeness (QED) is 0.517. The van der Waals surface area contributed by atoms with Crippen LogP contribution >= 0.6 is 0 Å². The Balaban J connectivity index is 3.20. The number of rotatable bonds is 12. The molecule has 0 bridgehead atoms. The fraction of sp³-hybridized carbons (Fsp3) is 1.00. The van der Waals surface area contributed by atoms with E-state index in [1.807, 2.05) is 0 Å². The molecule has 2 N–H and O–H groups in total. The van der Waals surface area contributed by atoms with Crippen molar-refractivity contribution in [3.63, 3.8) is 0 Å². The predicted molar refractivity (Wildman–Crippen MR) is 71.6 cm³/mol. The van der Waals surface area contributed by atoms with E-state index in [0.717, 1.165) is 32.1 Å². The summed E-state index contributed by atoms with van der Waals surface area (Å²) in [6, 6.07) is 0. The summed E-state index contributed by atoms with van der Waals surface area (Å²) >= 11 is 0. The third kappa shape index (κ3) is 10.4. The van der Waals surface area contributed by atoms with Gasteiger partial charge in [-0.05, 0) is 31.7 Å². The smallest absolute Gasteiger partial charge is 0.0494 e. The van der Waals surface area contributed by atoms with E-state index in [1.165, 1.54) is 44.9 Å². The molecule has 0 aromatic heterocycles. The first-order valence-electron chi connectivity index (χ1n) is 7.12. The van der Waals surface area contributed by atoms with Crippen LogP contribution in [-0.4, -0.2) is 19.8 Å². The van der Waals surface area contributed by atoms with E-state index in [4.69, 9.17) is 10.5 Å². The number of hydrogen-bond acceptors (Lipinski definition) is 2. The summed E-state index contributed by atoms with van der Waals surface area (Å²) in [5.41, 5.74) is 5.44. The van der Waals surface area contributed by atoms with Crippen LogP contribution in [0.4, 0.5) is 0 Å². The van der Waals surface area contributed by atoms with Crippen molar-refractivity contribution in [1.82, 2.24) is 0 Å². The molecule has 0 aliphatic carbocycles. The zero-order valence-corrected chi connectivity index (χ0v) is 11.3. The Morgan fingerprint density at radius 1 is 1.00 bits per heavy atom. The second kappa shape index (κ2) is 13.0. The lowest BCUT2D eigenvalue weighted by Gasteiger charge is -2.14. The lowest BCUT2D eigenvalue weighted by Crippen LogP contribution is -2.09. The molecule has 0 aromatic rings. The molecular formula is C14H31NO. The Kier molecular flexibility index (Phi) is 12.9. The maximum atomic E-state index is 5.73. The molecule has 0 saturated carbocycles. The van der Waals surface area contributed by atoms with Crippen molar-refractivity contribution >= 4 is 0 Å². The summed E-state index contributed by atoms with van der Waals surface area (Å²) in [4.78, 5) is 0. The van der Waals surface area contributed by atoms with Crippen molar-refractivity contribution in [2.45, 2.75) is 65.2 Å². The van der Waals surface area contributed by atoms with Gasteiger partial charge in [-0.3, -0.25) is 0 Å². The number of ether oxygens (including phenoxy) is 1. The molecule has 0 fully saturated rings. The Bertz CT molecular complexity index is 128. The Morgan fingerprint density at radius 3 is 2.38 bits per heavy atom. The lowest BCUT2D eigenvalue weighted by molar-refractivity contribution is 0.0908. The summed E-state index contributed by atoms with van der Waals surface area (Å²) < 4.78 is 5.73. The van der Waals surface area contributed by atoms with Crippen molar-refractivity contribution in [3.8, 4) is 0 Å². The van der Waals surface area contributed by atoms with E-state index in [0.29, 0.717) is 0 Å². The molecule has 0 aromatic carbocycles. The molecule has 0 saturated heterocycles. The highest BCUT2D eigenvalue weighted by molar-refractivity contribution is 4.56. The minimum atomic E-state index is 0.781. The van der Waals surface area contributed by atoms with Gasteiger partial charge in [-0.25, -0.2) is 0 Å². The van der Waals surface area contributed by atoms with Crippen molar-refractivity contribution in [3.05, 3.63) is 0 Å².